The zero-order valence-electron chi connectivity index (χ0n) is 11.2. The van der Waals surface area contributed by atoms with Crippen molar-refractivity contribution >= 4 is 17.9 Å². The first-order chi connectivity index (χ1) is 8.72. The van der Waals surface area contributed by atoms with Crippen molar-refractivity contribution in [3.8, 4) is 0 Å². The molecule has 7 heteroatoms. The normalized spacial score (nSPS) is 16.5. The second kappa shape index (κ2) is 5.90. The van der Waals surface area contributed by atoms with Crippen LogP contribution in [0.15, 0.2) is 0 Å². The van der Waals surface area contributed by atoms with Gasteiger partial charge in [0.25, 0.3) is 0 Å². The molecule has 1 saturated carbocycles. The van der Waals surface area contributed by atoms with E-state index in [0.717, 1.165) is 12.8 Å². The average Bonchev–Trinajstić information content (AvgIpc) is 3.06. The van der Waals surface area contributed by atoms with Crippen LogP contribution in [0.5, 0.6) is 0 Å². The van der Waals surface area contributed by atoms with Crippen LogP contribution in [0.4, 0.5) is 4.79 Å². The fourth-order valence-corrected chi connectivity index (χ4v) is 1.94. The Bertz CT molecular complexity index is 377. The highest BCUT2D eigenvalue weighted by molar-refractivity contribution is 5.83. The Morgan fingerprint density at radius 1 is 1.37 bits per heavy atom. The molecule has 7 nitrogen and oxygen atoms in total. The number of carbonyl (C=O) groups excluding carboxylic acids is 2. The van der Waals surface area contributed by atoms with E-state index in [4.69, 9.17) is 10.8 Å². The molecule has 0 saturated heterocycles. The molecule has 0 aromatic rings. The maximum Gasteiger partial charge on any atom is 0.326 e. The molecule has 108 valence electrons. The zero-order valence-corrected chi connectivity index (χ0v) is 11.2. The van der Waals surface area contributed by atoms with E-state index in [-0.39, 0.29) is 18.4 Å². The SMILES string of the molecule is CC(C)(NC(=O)N[C@@H](CCC(N)=O)C(=O)O)C1CC1. The van der Waals surface area contributed by atoms with Gasteiger partial charge in [0.15, 0.2) is 0 Å². The van der Waals surface area contributed by atoms with E-state index >= 15 is 0 Å². The molecule has 0 aliphatic heterocycles. The van der Waals surface area contributed by atoms with Crippen molar-refractivity contribution in [1.82, 2.24) is 10.6 Å². The summed E-state index contributed by atoms with van der Waals surface area (Å²) < 4.78 is 0. The summed E-state index contributed by atoms with van der Waals surface area (Å²) in [6.45, 7) is 3.81. The molecule has 1 rings (SSSR count). The summed E-state index contributed by atoms with van der Waals surface area (Å²) in [6.07, 6.45) is 2.04. The predicted octanol–water partition coefficient (Wildman–Crippen LogP) is 0.193. The lowest BCUT2D eigenvalue weighted by molar-refractivity contribution is -0.139. The van der Waals surface area contributed by atoms with Crippen molar-refractivity contribution in [2.75, 3.05) is 0 Å². The summed E-state index contributed by atoms with van der Waals surface area (Å²) in [5.41, 5.74) is 4.61. The monoisotopic (exact) mass is 271 g/mol. The molecule has 1 fully saturated rings. The Hall–Kier alpha value is -1.79. The van der Waals surface area contributed by atoms with Crippen molar-refractivity contribution in [2.24, 2.45) is 11.7 Å². The van der Waals surface area contributed by atoms with Crippen molar-refractivity contribution in [1.29, 1.82) is 0 Å². The molecule has 0 aromatic carbocycles. The Morgan fingerprint density at radius 2 is 1.95 bits per heavy atom. The molecule has 19 heavy (non-hydrogen) atoms. The van der Waals surface area contributed by atoms with Gasteiger partial charge in [-0.2, -0.15) is 0 Å². The number of hydrogen-bond donors (Lipinski definition) is 4. The van der Waals surface area contributed by atoms with Gasteiger partial charge in [0.05, 0.1) is 0 Å². The van der Waals surface area contributed by atoms with Crippen molar-refractivity contribution < 1.29 is 19.5 Å². The summed E-state index contributed by atoms with van der Waals surface area (Å²) in [5.74, 6) is -1.33. The molecule has 0 radical (unpaired) electrons. The molecule has 0 spiro atoms. The summed E-state index contributed by atoms with van der Waals surface area (Å²) in [4.78, 5) is 33.4. The highest BCUT2D eigenvalue weighted by atomic mass is 16.4. The number of nitrogens with one attached hydrogen (secondary N) is 2. The lowest BCUT2D eigenvalue weighted by Gasteiger charge is -2.27. The quantitative estimate of drug-likeness (QED) is 0.528. The number of carbonyl (C=O) groups is 3. The van der Waals surface area contributed by atoms with Gasteiger partial charge >= 0.3 is 12.0 Å². The highest BCUT2D eigenvalue weighted by Crippen LogP contribution is 2.39. The molecular formula is C12H21N3O4. The van der Waals surface area contributed by atoms with Gasteiger partial charge in [0.2, 0.25) is 5.91 Å². The summed E-state index contributed by atoms with van der Waals surface area (Å²) in [6, 6.07) is -1.64. The summed E-state index contributed by atoms with van der Waals surface area (Å²) >= 11 is 0. The molecule has 0 bridgehead atoms. The molecule has 5 N–H and O–H groups in total. The second-order valence-electron chi connectivity index (χ2n) is 5.49. The first-order valence-corrected chi connectivity index (χ1v) is 6.32. The van der Waals surface area contributed by atoms with E-state index in [0.29, 0.717) is 5.92 Å². The Morgan fingerprint density at radius 3 is 2.37 bits per heavy atom. The van der Waals surface area contributed by atoms with Crippen molar-refractivity contribution in [2.45, 2.75) is 51.1 Å². The van der Waals surface area contributed by atoms with Crippen LogP contribution in [0.2, 0.25) is 0 Å². The van der Waals surface area contributed by atoms with Crippen LogP contribution in [-0.4, -0.2) is 34.6 Å². The van der Waals surface area contributed by atoms with E-state index in [9.17, 15) is 14.4 Å². The maximum atomic E-state index is 11.7. The first-order valence-electron chi connectivity index (χ1n) is 6.32. The summed E-state index contributed by atoms with van der Waals surface area (Å²) in [5, 5.41) is 14.1. The van der Waals surface area contributed by atoms with Crippen LogP contribution < -0.4 is 16.4 Å². The van der Waals surface area contributed by atoms with Gasteiger partial charge in [-0.25, -0.2) is 9.59 Å². The number of primary amides is 1. The smallest absolute Gasteiger partial charge is 0.326 e. The van der Waals surface area contributed by atoms with Crippen LogP contribution in [0.1, 0.15) is 39.5 Å². The molecule has 0 aromatic heterocycles. The largest absolute Gasteiger partial charge is 0.480 e. The number of carboxylic acid groups (broad SMARTS) is 1. The standard InChI is InChI=1S/C12H21N3O4/c1-12(2,7-3-4-7)15-11(19)14-8(10(17)18)5-6-9(13)16/h7-8H,3-6H2,1-2H3,(H2,13,16)(H,17,18)(H2,14,15,19)/t8-/m0/s1. The van der Waals surface area contributed by atoms with E-state index in [2.05, 4.69) is 10.6 Å². The minimum absolute atomic E-state index is 0.0120. The second-order valence-corrected chi connectivity index (χ2v) is 5.49. The third-order valence-electron chi connectivity index (χ3n) is 3.32. The van der Waals surface area contributed by atoms with Crippen molar-refractivity contribution in [3.63, 3.8) is 0 Å². The van der Waals surface area contributed by atoms with Gasteiger partial charge < -0.3 is 21.5 Å². The van der Waals surface area contributed by atoms with Crippen molar-refractivity contribution in [3.05, 3.63) is 0 Å². The Balaban J connectivity index is 2.46. The highest BCUT2D eigenvalue weighted by Gasteiger charge is 2.39. The fraction of sp³-hybridized carbons (Fsp3) is 0.750. The van der Waals surface area contributed by atoms with Gasteiger partial charge in [0.1, 0.15) is 6.04 Å². The molecular weight excluding hydrogens is 250 g/mol. The third kappa shape index (κ3) is 5.15. The van der Waals surface area contributed by atoms with Crippen LogP contribution in [0.25, 0.3) is 0 Å². The Kier molecular flexibility index (Phi) is 4.74. The fourth-order valence-electron chi connectivity index (χ4n) is 1.94. The molecule has 0 heterocycles. The topological polar surface area (TPSA) is 122 Å². The first kappa shape index (κ1) is 15.3. The number of urea groups is 1. The van der Waals surface area contributed by atoms with Crippen LogP contribution >= 0.6 is 0 Å². The molecule has 1 aliphatic carbocycles. The van der Waals surface area contributed by atoms with Gasteiger partial charge in [-0.05, 0) is 39.0 Å². The van der Waals surface area contributed by atoms with E-state index in [1.165, 1.54) is 0 Å². The van der Waals surface area contributed by atoms with Crippen LogP contribution in [-0.2, 0) is 9.59 Å². The van der Waals surface area contributed by atoms with E-state index in [1.54, 1.807) is 0 Å². The average molecular weight is 271 g/mol. The lowest BCUT2D eigenvalue weighted by Crippen LogP contribution is -2.53. The van der Waals surface area contributed by atoms with E-state index < -0.39 is 23.9 Å². The Labute approximate surface area is 111 Å². The number of nitrogens with two attached hydrogens (primary N) is 1. The van der Waals surface area contributed by atoms with Crippen LogP contribution in [0, 0.1) is 5.92 Å². The minimum Gasteiger partial charge on any atom is -0.480 e. The molecule has 0 unspecified atom stereocenters. The van der Waals surface area contributed by atoms with Gasteiger partial charge in [-0.15, -0.1) is 0 Å². The number of rotatable bonds is 7. The molecule has 3 amide bonds. The van der Waals surface area contributed by atoms with Gasteiger partial charge in [0, 0.05) is 12.0 Å². The van der Waals surface area contributed by atoms with Crippen LogP contribution in [0.3, 0.4) is 0 Å². The number of hydrogen-bond acceptors (Lipinski definition) is 3. The number of amides is 3. The summed E-state index contributed by atoms with van der Waals surface area (Å²) in [7, 11) is 0. The molecule has 1 atom stereocenters. The third-order valence-corrected chi connectivity index (χ3v) is 3.32. The minimum atomic E-state index is -1.18. The number of carboxylic acids is 1. The lowest BCUT2D eigenvalue weighted by atomic mass is 9.99. The number of aliphatic carboxylic acids is 1. The maximum absolute atomic E-state index is 11.7. The van der Waals surface area contributed by atoms with Gasteiger partial charge in [-0.3, -0.25) is 4.79 Å². The molecule has 1 aliphatic rings. The zero-order chi connectivity index (χ0) is 14.6. The van der Waals surface area contributed by atoms with Gasteiger partial charge in [-0.1, -0.05) is 0 Å². The van der Waals surface area contributed by atoms with E-state index in [1.807, 2.05) is 13.8 Å². The predicted molar refractivity (Wildman–Crippen MR) is 68.3 cm³/mol.